The minimum Gasteiger partial charge on any atom is -0.478 e. The lowest BCUT2D eigenvalue weighted by atomic mass is 9.98. The van der Waals surface area contributed by atoms with Gasteiger partial charge in [-0.25, -0.2) is 9.18 Å². The molecule has 0 aromatic heterocycles. The number of benzene rings is 1. The summed E-state index contributed by atoms with van der Waals surface area (Å²) >= 11 is 3.14. The first-order valence-corrected chi connectivity index (χ1v) is 6.21. The van der Waals surface area contributed by atoms with Gasteiger partial charge in [-0.05, 0) is 70.9 Å². The van der Waals surface area contributed by atoms with E-state index in [4.69, 9.17) is 5.11 Å². The van der Waals surface area contributed by atoms with Gasteiger partial charge in [0.25, 0.3) is 0 Å². The molecule has 1 aliphatic carbocycles. The predicted molar refractivity (Wildman–Crippen MR) is 67.3 cm³/mol. The quantitative estimate of drug-likeness (QED) is 0.856. The fourth-order valence-corrected chi connectivity index (χ4v) is 2.56. The van der Waals surface area contributed by atoms with Crippen molar-refractivity contribution < 1.29 is 14.3 Å². The van der Waals surface area contributed by atoms with Crippen LogP contribution in [0.4, 0.5) is 4.39 Å². The van der Waals surface area contributed by atoms with Gasteiger partial charge < -0.3 is 5.11 Å². The summed E-state index contributed by atoms with van der Waals surface area (Å²) in [5.74, 6) is -1.17. The third-order valence-corrected chi connectivity index (χ3v) is 3.74. The van der Waals surface area contributed by atoms with Gasteiger partial charge in [0.05, 0.1) is 4.47 Å². The van der Waals surface area contributed by atoms with Crippen molar-refractivity contribution in [3.63, 3.8) is 0 Å². The zero-order valence-corrected chi connectivity index (χ0v) is 11.0. The average Bonchev–Trinajstić information content (AvgIpc) is 2.41. The molecule has 0 aliphatic heterocycles. The number of fused-ring (bicyclic) bond motifs is 1. The number of allylic oxidation sites excluding steroid dienone is 1. The molecule has 1 aromatic carbocycles. The number of halogens is 2. The number of rotatable bonds is 1. The maximum absolute atomic E-state index is 13.4. The van der Waals surface area contributed by atoms with Crippen LogP contribution in [0, 0.1) is 5.82 Å². The van der Waals surface area contributed by atoms with E-state index in [0.29, 0.717) is 22.9 Å². The lowest BCUT2D eigenvalue weighted by Crippen LogP contribution is -2.02. The Morgan fingerprint density at radius 3 is 2.76 bits per heavy atom. The molecular formula is C13H12BrFO2. The summed E-state index contributed by atoms with van der Waals surface area (Å²) in [7, 11) is 0. The van der Waals surface area contributed by atoms with E-state index in [1.807, 2.05) is 0 Å². The number of carboxylic acids is 1. The molecule has 90 valence electrons. The van der Waals surface area contributed by atoms with Gasteiger partial charge in [-0.3, -0.25) is 0 Å². The van der Waals surface area contributed by atoms with Crippen molar-refractivity contribution >= 4 is 27.5 Å². The van der Waals surface area contributed by atoms with Crippen LogP contribution < -0.4 is 0 Å². The number of hydrogen-bond acceptors (Lipinski definition) is 1. The Bertz CT molecular complexity index is 520. The van der Waals surface area contributed by atoms with Crippen LogP contribution in [0.5, 0.6) is 0 Å². The highest BCUT2D eigenvalue weighted by molar-refractivity contribution is 9.10. The van der Waals surface area contributed by atoms with Gasteiger partial charge in [0.1, 0.15) is 5.82 Å². The van der Waals surface area contributed by atoms with E-state index in [-0.39, 0.29) is 5.82 Å². The molecule has 0 unspecified atom stereocenters. The SMILES string of the molecule is CC1=C(C(=O)O)CCCc2cc(F)c(Br)cc21. The van der Waals surface area contributed by atoms with E-state index in [1.54, 1.807) is 13.0 Å². The Hall–Kier alpha value is -1.16. The Balaban J connectivity index is 2.64. The molecule has 1 aromatic rings. The van der Waals surface area contributed by atoms with E-state index < -0.39 is 5.97 Å². The van der Waals surface area contributed by atoms with Crippen LogP contribution in [0.3, 0.4) is 0 Å². The van der Waals surface area contributed by atoms with Crippen molar-refractivity contribution in [3.8, 4) is 0 Å². The average molecular weight is 299 g/mol. The lowest BCUT2D eigenvalue weighted by molar-refractivity contribution is -0.132. The van der Waals surface area contributed by atoms with Gasteiger partial charge in [-0.1, -0.05) is 0 Å². The van der Waals surface area contributed by atoms with Crippen molar-refractivity contribution in [2.75, 3.05) is 0 Å². The minimum absolute atomic E-state index is 0.296. The molecule has 1 N–H and O–H groups in total. The number of aryl methyl sites for hydroxylation is 1. The van der Waals surface area contributed by atoms with E-state index >= 15 is 0 Å². The molecule has 0 fully saturated rings. The Morgan fingerprint density at radius 2 is 2.12 bits per heavy atom. The molecule has 0 heterocycles. The summed E-state index contributed by atoms with van der Waals surface area (Å²) in [5, 5.41) is 9.14. The van der Waals surface area contributed by atoms with Gasteiger partial charge in [0.15, 0.2) is 0 Å². The molecule has 0 amide bonds. The Kier molecular flexibility index (Phi) is 3.33. The second kappa shape index (κ2) is 4.61. The van der Waals surface area contributed by atoms with Crippen LogP contribution >= 0.6 is 15.9 Å². The van der Waals surface area contributed by atoms with E-state index in [1.165, 1.54) is 6.07 Å². The standard InChI is InChI=1S/C13H12BrFO2/c1-7-9(13(16)17)4-2-3-8-5-12(15)11(14)6-10(7)8/h5-6H,2-4H2,1H3,(H,16,17). The van der Waals surface area contributed by atoms with Crippen molar-refractivity contribution in [2.45, 2.75) is 26.2 Å². The first-order chi connectivity index (χ1) is 8.00. The fraction of sp³-hybridized carbons (Fsp3) is 0.308. The molecule has 0 bridgehead atoms. The molecule has 0 radical (unpaired) electrons. The highest BCUT2D eigenvalue weighted by atomic mass is 79.9. The lowest BCUT2D eigenvalue weighted by Gasteiger charge is -2.09. The van der Waals surface area contributed by atoms with Crippen molar-refractivity contribution in [1.29, 1.82) is 0 Å². The molecule has 4 heteroatoms. The van der Waals surface area contributed by atoms with Gasteiger partial charge in [0, 0.05) is 5.57 Å². The molecule has 17 heavy (non-hydrogen) atoms. The van der Waals surface area contributed by atoms with Crippen LogP contribution in [0.25, 0.3) is 5.57 Å². The highest BCUT2D eigenvalue weighted by Crippen LogP contribution is 2.33. The molecule has 2 rings (SSSR count). The largest absolute Gasteiger partial charge is 0.478 e. The number of hydrogen-bond donors (Lipinski definition) is 1. The zero-order chi connectivity index (χ0) is 12.6. The van der Waals surface area contributed by atoms with Crippen LogP contribution in [-0.4, -0.2) is 11.1 Å². The topological polar surface area (TPSA) is 37.3 Å². The molecule has 0 saturated carbocycles. The van der Waals surface area contributed by atoms with Crippen molar-refractivity contribution in [1.82, 2.24) is 0 Å². The monoisotopic (exact) mass is 298 g/mol. The van der Waals surface area contributed by atoms with Crippen LogP contribution in [0.15, 0.2) is 22.2 Å². The van der Waals surface area contributed by atoms with Gasteiger partial charge >= 0.3 is 5.97 Å². The molecule has 1 aliphatic rings. The maximum Gasteiger partial charge on any atom is 0.331 e. The van der Waals surface area contributed by atoms with Crippen molar-refractivity contribution in [2.24, 2.45) is 0 Å². The molecular weight excluding hydrogens is 287 g/mol. The summed E-state index contributed by atoms with van der Waals surface area (Å²) in [4.78, 5) is 11.1. The predicted octanol–water partition coefficient (Wildman–Crippen LogP) is 3.78. The van der Waals surface area contributed by atoms with Crippen molar-refractivity contribution in [3.05, 3.63) is 39.1 Å². The summed E-state index contributed by atoms with van der Waals surface area (Å²) in [5.41, 5.74) is 2.90. The molecule has 2 nitrogen and oxygen atoms in total. The first-order valence-electron chi connectivity index (χ1n) is 5.42. The maximum atomic E-state index is 13.4. The van der Waals surface area contributed by atoms with Gasteiger partial charge in [-0.15, -0.1) is 0 Å². The third-order valence-electron chi connectivity index (χ3n) is 3.13. The van der Waals surface area contributed by atoms with E-state index in [2.05, 4.69) is 15.9 Å². The van der Waals surface area contributed by atoms with Crippen LogP contribution in [0.2, 0.25) is 0 Å². The minimum atomic E-state index is -0.879. The fourth-order valence-electron chi connectivity index (χ4n) is 2.22. The summed E-state index contributed by atoms with van der Waals surface area (Å²) in [6, 6.07) is 3.17. The number of aliphatic carboxylic acids is 1. The normalized spacial score (nSPS) is 15.5. The zero-order valence-electron chi connectivity index (χ0n) is 9.39. The second-order valence-electron chi connectivity index (χ2n) is 4.19. The second-order valence-corrected chi connectivity index (χ2v) is 5.04. The van der Waals surface area contributed by atoms with E-state index in [9.17, 15) is 9.18 Å². The molecule has 0 saturated heterocycles. The molecule has 0 atom stereocenters. The van der Waals surface area contributed by atoms with Crippen LogP contribution in [-0.2, 0) is 11.2 Å². The number of carboxylic acid groups (broad SMARTS) is 1. The Morgan fingerprint density at radius 1 is 1.41 bits per heavy atom. The Labute approximate surface area is 107 Å². The summed E-state index contributed by atoms with van der Waals surface area (Å²) in [6.07, 6.45) is 2.00. The smallest absolute Gasteiger partial charge is 0.331 e. The first kappa shape index (κ1) is 12.3. The van der Waals surface area contributed by atoms with Gasteiger partial charge in [0.2, 0.25) is 0 Å². The summed E-state index contributed by atoms with van der Waals surface area (Å²) in [6.45, 7) is 1.79. The van der Waals surface area contributed by atoms with E-state index in [0.717, 1.165) is 23.1 Å². The third kappa shape index (κ3) is 2.27. The molecule has 0 spiro atoms. The van der Waals surface area contributed by atoms with Crippen LogP contribution in [0.1, 0.15) is 30.9 Å². The number of carbonyl (C=O) groups is 1. The summed E-state index contributed by atoms with van der Waals surface area (Å²) < 4.78 is 13.8. The van der Waals surface area contributed by atoms with Gasteiger partial charge in [-0.2, -0.15) is 0 Å². The highest BCUT2D eigenvalue weighted by Gasteiger charge is 2.20.